The minimum absolute atomic E-state index is 0.171. The summed E-state index contributed by atoms with van der Waals surface area (Å²) in [6.45, 7) is 7.82. The minimum atomic E-state index is -3.95. The molecule has 2 amide bonds. The van der Waals surface area contributed by atoms with Gasteiger partial charge in [0.2, 0.25) is 0 Å². The first-order chi connectivity index (χ1) is 14.7. The fourth-order valence-electron chi connectivity index (χ4n) is 3.72. The molecule has 1 heterocycles. The van der Waals surface area contributed by atoms with Crippen molar-refractivity contribution in [3.63, 3.8) is 0 Å². The van der Waals surface area contributed by atoms with Gasteiger partial charge < -0.3 is 0 Å². The maximum atomic E-state index is 14.9. The smallest absolute Gasteiger partial charge is 0.262 e. The number of hydrogen-bond acceptors (Lipinski definition) is 3. The van der Waals surface area contributed by atoms with Crippen LogP contribution in [0.15, 0.2) is 36.4 Å². The predicted octanol–water partition coefficient (Wildman–Crippen LogP) is 5.19. The highest BCUT2D eigenvalue weighted by Gasteiger charge is 2.59. The number of amides is 2. The zero-order valence-corrected chi connectivity index (χ0v) is 20.5. The number of halogens is 2. The lowest BCUT2D eigenvalue weighted by Crippen LogP contribution is -2.37. The van der Waals surface area contributed by atoms with Crippen molar-refractivity contribution in [3.05, 3.63) is 58.7 Å². The van der Waals surface area contributed by atoms with E-state index in [1.54, 1.807) is 16.8 Å². The maximum Gasteiger partial charge on any atom is 0.349 e. The quantitative estimate of drug-likeness (QED) is 0.310. The molecule has 1 aliphatic heterocycles. The van der Waals surface area contributed by atoms with Crippen molar-refractivity contribution >= 4 is 54.0 Å². The van der Waals surface area contributed by atoms with Crippen molar-refractivity contribution in [1.82, 2.24) is 4.67 Å². The summed E-state index contributed by atoms with van der Waals surface area (Å²) in [7, 11) is -3.95. The van der Waals surface area contributed by atoms with Crippen molar-refractivity contribution in [2.45, 2.75) is 27.7 Å². The Morgan fingerprint density at radius 3 is 1.52 bits per heavy atom. The van der Waals surface area contributed by atoms with Crippen molar-refractivity contribution < 1.29 is 14.2 Å². The summed E-state index contributed by atoms with van der Waals surface area (Å²) in [6, 6.07) is 11.1. The monoisotopic (exact) mass is 481 g/mol. The number of anilines is 2. The van der Waals surface area contributed by atoms with Gasteiger partial charge in [0.05, 0.1) is 11.4 Å². The van der Waals surface area contributed by atoms with Crippen LogP contribution in [-0.2, 0) is 14.2 Å². The molecule has 9 heteroatoms. The molecule has 0 aromatic heterocycles. The van der Waals surface area contributed by atoms with E-state index in [2.05, 4.69) is 0 Å². The summed E-state index contributed by atoms with van der Waals surface area (Å²) < 4.78 is 18.8. The van der Waals surface area contributed by atoms with Crippen LogP contribution in [0, 0.1) is 27.7 Å². The van der Waals surface area contributed by atoms with Gasteiger partial charge in [-0.2, -0.15) is 0 Å². The predicted molar refractivity (Wildman–Crippen MR) is 127 cm³/mol. The molecule has 6 nitrogen and oxygen atoms in total. The normalized spacial score (nSPS) is 16.0. The second-order valence-electron chi connectivity index (χ2n) is 7.66. The zero-order chi connectivity index (χ0) is 22.9. The largest absolute Gasteiger partial charge is 0.349 e. The molecule has 2 aromatic carbocycles. The van der Waals surface area contributed by atoms with E-state index >= 15 is 0 Å². The Kier molecular flexibility index (Phi) is 7.17. The molecule has 0 unspecified atom stereocenters. The Hall–Kier alpha value is -1.85. The standard InChI is InChI=1S/C22H26Cl2N3O3P/c1-15-5-7-17(3)19(13-15)26-21(28)22(29)27(20-14-16(2)6-8-18(20)4)31(26,30)25(11-9-23)12-10-24/h5-8,13-14H,9-12H2,1-4H3. The maximum absolute atomic E-state index is 14.9. The zero-order valence-electron chi connectivity index (χ0n) is 18.1. The van der Waals surface area contributed by atoms with Crippen molar-refractivity contribution in [3.8, 4) is 0 Å². The molecule has 1 fully saturated rings. The number of nitrogens with zero attached hydrogens (tertiary/aromatic N) is 3. The Balaban J connectivity index is 2.33. The first kappa shape index (κ1) is 23.8. The Morgan fingerprint density at radius 2 is 1.16 bits per heavy atom. The van der Waals surface area contributed by atoms with Crippen LogP contribution in [0.3, 0.4) is 0 Å². The average Bonchev–Trinajstić information content (AvgIpc) is 2.92. The first-order valence-corrected chi connectivity index (χ1v) is 12.6. The van der Waals surface area contributed by atoms with Crippen LogP contribution in [0.1, 0.15) is 22.3 Å². The number of carbonyl (C=O) groups excluding carboxylic acids is 2. The third-order valence-electron chi connectivity index (χ3n) is 5.33. The lowest BCUT2D eigenvalue weighted by atomic mass is 10.1. The van der Waals surface area contributed by atoms with Gasteiger partial charge >= 0.3 is 19.4 Å². The van der Waals surface area contributed by atoms with Crippen molar-refractivity contribution in [2.24, 2.45) is 0 Å². The second kappa shape index (κ2) is 9.33. The van der Waals surface area contributed by atoms with Crippen molar-refractivity contribution in [2.75, 3.05) is 34.2 Å². The van der Waals surface area contributed by atoms with Crippen LogP contribution in [-0.4, -0.2) is 41.3 Å². The third kappa shape index (κ3) is 4.14. The SMILES string of the molecule is Cc1ccc(C)c(N2C(=O)C(=O)N(c3cc(C)ccc3C)P2(=O)N(CCCl)CCCl)c1. The Labute approximate surface area is 193 Å². The van der Waals surface area contributed by atoms with E-state index in [0.29, 0.717) is 11.4 Å². The fourth-order valence-corrected chi connectivity index (χ4v) is 7.41. The molecule has 166 valence electrons. The third-order valence-corrected chi connectivity index (χ3v) is 8.64. The Bertz CT molecular complexity index is 996. The number of carbonyl (C=O) groups is 2. The van der Waals surface area contributed by atoms with E-state index in [-0.39, 0.29) is 24.8 Å². The van der Waals surface area contributed by atoms with E-state index in [1.165, 1.54) is 9.34 Å². The minimum Gasteiger partial charge on any atom is -0.262 e. The number of hydrogen-bond donors (Lipinski definition) is 0. The molecular formula is C22H26Cl2N3O3P. The molecule has 0 bridgehead atoms. The summed E-state index contributed by atoms with van der Waals surface area (Å²) in [5.74, 6) is -1.31. The lowest BCUT2D eigenvalue weighted by molar-refractivity contribution is -0.133. The molecule has 0 spiro atoms. The topological polar surface area (TPSA) is 60.9 Å². The molecule has 3 rings (SSSR count). The molecule has 1 saturated heterocycles. The summed E-state index contributed by atoms with van der Waals surface area (Å²) in [6.07, 6.45) is 0. The van der Waals surface area contributed by atoms with Gasteiger partial charge in [-0.3, -0.25) is 14.2 Å². The van der Waals surface area contributed by atoms with Crippen LogP contribution >= 0.6 is 30.8 Å². The first-order valence-electron chi connectivity index (χ1n) is 9.98. The van der Waals surface area contributed by atoms with Gasteiger partial charge in [0.1, 0.15) is 0 Å². The lowest BCUT2D eigenvalue weighted by Gasteiger charge is -2.38. The highest BCUT2D eigenvalue weighted by Crippen LogP contribution is 2.64. The summed E-state index contributed by atoms with van der Waals surface area (Å²) >= 11 is 12.1. The van der Waals surface area contributed by atoms with E-state index in [1.807, 2.05) is 52.0 Å². The molecule has 0 aliphatic carbocycles. The molecular weight excluding hydrogens is 456 g/mol. The molecule has 1 aliphatic rings. The van der Waals surface area contributed by atoms with Crippen LogP contribution in [0.25, 0.3) is 0 Å². The van der Waals surface area contributed by atoms with Gasteiger partial charge in [-0.05, 0) is 62.1 Å². The molecule has 0 radical (unpaired) electrons. The molecule has 31 heavy (non-hydrogen) atoms. The van der Waals surface area contributed by atoms with E-state index < -0.39 is 19.4 Å². The molecule has 2 aromatic rings. The summed E-state index contributed by atoms with van der Waals surface area (Å²) in [5.41, 5.74) is 4.16. The van der Waals surface area contributed by atoms with E-state index in [4.69, 9.17) is 23.2 Å². The molecule has 0 saturated carbocycles. The number of aryl methyl sites for hydroxylation is 4. The number of benzene rings is 2. The Morgan fingerprint density at radius 1 is 0.774 bits per heavy atom. The number of alkyl halides is 2. The van der Waals surface area contributed by atoms with Crippen molar-refractivity contribution in [1.29, 1.82) is 0 Å². The highest BCUT2D eigenvalue weighted by atomic mass is 35.5. The molecule has 0 N–H and O–H groups in total. The van der Waals surface area contributed by atoms with Gasteiger partial charge in [-0.1, -0.05) is 24.3 Å². The van der Waals surface area contributed by atoms with Crippen LogP contribution < -0.4 is 9.34 Å². The van der Waals surface area contributed by atoms with Crippen LogP contribution in [0.2, 0.25) is 0 Å². The van der Waals surface area contributed by atoms with Gasteiger partial charge in [-0.15, -0.1) is 23.2 Å². The van der Waals surface area contributed by atoms with Gasteiger partial charge in [0.15, 0.2) is 0 Å². The summed E-state index contributed by atoms with van der Waals surface area (Å²) in [4.78, 5) is 26.7. The average molecular weight is 482 g/mol. The van der Waals surface area contributed by atoms with Crippen LogP contribution in [0.4, 0.5) is 11.4 Å². The van der Waals surface area contributed by atoms with Gasteiger partial charge in [0, 0.05) is 24.8 Å². The number of rotatable bonds is 7. The fraction of sp³-hybridized carbons (Fsp3) is 0.364. The van der Waals surface area contributed by atoms with E-state index in [0.717, 1.165) is 22.3 Å². The summed E-state index contributed by atoms with van der Waals surface area (Å²) in [5, 5.41) is 0. The molecule has 0 atom stereocenters. The second-order valence-corrected chi connectivity index (χ2v) is 10.8. The van der Waals surface area contributed by atoms with Gasteiger partial charge in [0.25, 0.3) is 0 Å². The van der Waals surface area contributed by atoms with Crippen LogP contribution in [0.5, 0.6) is 0 Å². The van der Waals surface area contributed by atoms with Gasteiger partial charge in [-0.25, -0.2) is 14.0 Å². The van der Waals surface area contributed by atoms with E-state index in [9.17, 15) is 14.2 Å². The highest BCUT2D eigenvalue weighted by molar-refractivity contribution is 7.69.